The fourth-order valence-corrected chi connectivity index (χ4v) is 3.42. The van der Waals surface area contributed by atoms with Gasteiger partial charge in [0.15, 0.2) is 5.84 Å². The average Bonchev–Trinajstić information content (AvgIpc) is 2.92. The number of allylic oxidation sites excluding steroid dienone is 2. The summed E-state index contributed by atoms with van der Waals surface area (Å²) in [6.45, 7) is 24.3. The monoisotopic (exact) mass is 568 g/mol. The number of hydrogen-bond acceptors (Lipinski definition) is 3. The number of amidine groups is 1. The van der Waals surface area contributed by atoms with Crippen molar-refractivity contribution >= 4 is 29.1 Å². The molecule has 0 aromatic heterocycles. The second-order valence-corrected chi connectivity index (χ2v) is 9.64. The number of nitrogens with zero attached hydrogens (tertiary/aromatic N) is 2. The van der Waals surface area contributed by atoms with Gasteiger partial charge in [-0.05, 0) is 56.9 Å². The molecule has 0 spiro atoms. The van der Waals surface area contributed by atoms with Crippen LogP contribution in [0.3, 0.4) is 0 Å². The molecule has 2 aromatic carbocycles. The first-order valence-electron chi connectivity index (χ1n) is 14.2. The molecule has 0 aliphatic heterocycles. The van der Waals surface area contributed by atoms with E-state index in [2.05, 4.69) is 75.0 Å². The summed E-state index contributed by atoms with van der Waals surface area (Å²) in [6, 6.07) is 11.9. The van der Waals surface area contributed by atoms with E-state index in [1.165, 1.54) is 36.8 Å². The van der Waals surface area contributed by atoms with Crippen molar-refractivity contribution in [2.75, 3.05) is 5.32 Å². The van der Waals surface area contributed by atoms with Gasteiger partial charge >= 0.3 is 51.4 Å². The molecular weight excluding hydrogens is 518 g/mol. The maximum atomic E-state index is 10.9. The first-order chi connectivity index (χ1) is 18.6. The van der Waals surface area contributed by atoms with Crippen LogP contribution in [-0.4, -0.2) is 17.8 Å². The summed E-state index contributed by atoms with van der Waals surface area (Å²) in [5, 5.41) is 3.29. The van der Waals surface area contributed by atoms with E-state index in [-0.39, 0.29) is 51.4 Å². The standard InChI is InChI=1S/C25H28N3O.C8H17.C2H6.K/c1-7-12-26-25(28-24-11-10-23(16-29)19(4)14-24)21(6)27-15-20(5)22-9-8-17(2)18(3)13-22;1-4-5-6-7-8(2)3;1-2;/h7-15H,1-6H3,(H,26,28);8H,2,4-7H2,1,3H3;1-2H3;/q2*-1;;+1/b12-7-,20-15+,27-21?;;;. The molecule has 0 aliphatic carbocycles. The predicted molar refractivity (Wildman–Crippen MR) is 175 cm³/mol. The van der Waals surface area contributed by atoms with E-state index >= 15 is 0 Å². The molecule has 0 heterocycles. The fourth-order valence-electron chi connectivity index (χ4n) is 3.42. The SMILES string of the molecule is C/C=C\N=C(Nc1ccc([C-]=O)c(C)c1)C(C)=N/C=C(\C)c1ccc(C)c(C)c1.CC.[CH2-]C(C)CCCCC.[K+]. The van der Waals surface area contributed by atoms with Crippen LogP contribution in [0.25, 0.3) is 5.57 Å². The summed E-state index contributed by atoms with van der Waals surface area (Å²) < 4.78 is 0. The number of unbranched alkanes of at least 4 members (excludes halogenated alkanes) is 2. The van der Waals surface area contributed by atoms with Gasteiger partial charge in [0.05, 0.1) is 12.0 Å². The van der Waals surface area contributed by atoms with E-state index < -0.39 is 0 Å². The van der Waals surface area contributed by atoms with Gasteiger partial charge in [-0.1, -0.05) is 96.7 Å². The van der Waals surface area contributed by atoms with Crippen molar-refractivity contribution in [3.05, 3.63) is 89.6 Å². The van der Waals surface area contributed by atoms with Crippen LogP contribution in [0.15, 0.2) is 64.9 Å². The third kappa shape index (κ3) is 16.6. The molecule has 2 aromatic rings. The van der Waals surface area contributed by atoms with E-state index in [4.69, 9.17) is 0 Å². The van der Waals surface area contributed by atoms with Crippen molar-refractivity contribution in [1.29, 1.82) is 0 Å². The molecule has 40 heavy (non-hydrogen) atoms. The van der Waals surface area contributed by atoms with E-state index in [9.17, 15) is 4.79 Å². The third-order valence-corrected chi connectivity index (χ3v) is 6.01. The molecule has 1 unspecified atom stereocenters. The van der Waals surface area contributed by atoms with Gasteiger partial charge in [0.25, 0.3) is 0 Å². The second kappa shape index (κ2) is 24.0. The number of hydrogen-bond donors (Lipinski definition) is 1. The second-order valence-electron chi connectivity index (χ2n) is 9.64. The average molecular weight is 569 g/mol. The van der Waals surface area contributed by atoms with Crippen molar-refractivity contribution in [1.82, 2.24) is 0 Å². The van der Waals surface area contributed by atoms with Crippen molar-refractivity contribution in [2.24, 2.45) is 15.9 Å². The van der Waals surface area contributed by atoms with Gasteiger partial charge in [0.2, 0.25) is 0 Å². The summed E-state index contributed by atoms with van der Waals surface area (Å²) in [5.41, 5.74) is 7.79. The maximum absolute atomic E-state index is 10.9. The third-order valence-electron chi connectivity index (χ3n) is 6.01. The molecule has 0 aliphatic rings. The summed E-state index contributed by atoms with van der Waals surface area (Å²) in [6.07, 6.45) is 12.7. The van der Waals surface area contributed by atoms with Crippen molar-refractivity contribution < 1.29 is 56.2 Å². The van der Waals surface area contributed by atoms with Crippen molar-refractivity contribution in [3.63, 3.8) is 0 Å². The Labute approximate surface area is 288 Å². The molecule has 214 valence electrons. The van der Waals surface area contributed by atoms with E-state index in [0.29, 0.717) is 17.3 Å². The molecule has 0 bridgehead atoms. The van der Waals surface area contributed by atoms with Crippen LogP contribution in [0.1, 0.15) is 102 Å². The first-order valence-corrected chi connectivity index (χ1v) is 14.2. The Bertz CT molecular complexity index is 1130. The van der Waals surface area contributed by atoms with Gasteiger partial charge in [-0.25, -0.2) is 4.99 Å². The molecule has 0 saturated carbocycles. The molecule has 0 saturated heterocycles. The summed E-state index contributed by atoms with van der Waals surface area (Å²) >= 11 is 0. The number of benzene rings is 2. The van der Waals surface area contributed by atoms with Crippen LogP contribution in [0.5, 0.6) is 0 Å². The minimum absolute atomic E-state index is 0. The summed E-state index contributed by atoms with van der Waals surface area (Å²) in [7, 11) is 0. The number of aryl methyl sites for hydroxylation is 3. The van der Waals surface area contributed by atoms with Gasteiger partial charge in [-0.2, -0.15) is 12.0 Å². The normalized spacial score (nSPS) is 12.4. The molecule has 0 radical (unpaired) electrons. The quantitative estimate of drug-likeness (QED) is 0.110. The van der Waals surface area contributed by atoms with Gasteiger partial charge in [-0.15, -0.1) is 11.1 Å². The van der Waals surface area contributed by atoms with Gasteiger partial charge < -0.3 is 17.0 Å². The number of anilines is 1. The maximum Gasteiger partial charge on any atom is 1.00 e. The Morgan fingerprint density at radius 3 is 2.20 bits per heavy atom. The van der Waals surface area contributed by atoms with Crippen LogP contribution >= 0.6 is 0 Å². The Balaban J connectivity index is 0. The molecule has 0 amide bonds. The van der Waals surface area contributed by atoms with E-state index in [0.717, 1.165) is 28.1 Å². The van der Waals surface area contributed by atoms with Crippen LogP contribution < -0.4 is 56.7 Å². The Morgan fingerprint density at radius 1 is 1.00 bits per heavy atom. The fraction of sp³-hybridized carbons (Fsp3) is 0.429. The minimum atomic E-state index is 0. The zero-order chi connectivity index (χ0) is 29.8. The topological polar surface area (TPSA) is 53.8 Å². The number of aliphatic imine (C=N–C) groups is 2. The predicted octanol–water partition coefficient (Wildman–Crippen LogP) is 7.00. The molecule has 4 nitrogen and oxygen atoms in total. The molecular formula is C35H51KN3O-. The summed E-state index contributed by atoms with van der Waals surface area (Å²) in [4.78, 5) is 20.0. The van der Waals surface area contributed by atoms with Gasteiger partial charge in [0, 0.05) is 18.1 Å². The summed E-state index contributed by atoms with van der Waals surface area (Å²) in [5.74, 6) is 1.30. The van der Waals surface area contributed by atoms with Crippen LogP contribution in [0.4, 0.5) is 5.69 Å². The molecule has 1 atom stereocenters. The Kier molecular flexibility index (Phi) is 24.3. The van der Waals surface area contributed by atoms with Crippen LogP contribution in [0, 0.1) is 33.6 Å². The van der Waals surface area contributed by atoms with Crippen molar-refractivity contribution in [2.45, 2.75) is 94.9 Å². The van der Waals surface area contributed by atoms with E-state index in [1.807, 2.05) is 65.3 Å². The van der Waals surface area contributed by atoms with Crippen LogP contribution in [-0.2, 0) is 4.79 Å². The van der Waals surface area contributed by atoms with Crippen LogP contribution in [0.2, 0.25) is 0 Å². The van der Waals surface area contributed by atoms with Crippen molar-refractivity contribution in [3.8, 4) is 0 Å². The molecule has 2 rings (SSSR count). The number of nitrogens with one attached hydrogen (secondary N) is 1. The number of rotatable bonds is 10. The molecule has 0 fully saturated rings. The Morgan fingerprint density at radius 2 is 1.68 bits per heavy atom. The minimum Gasteiger partial charge on any atom is -0.376 e. The smallest absolute Gasteiger partial charge is 0.376 e. The first kappa shape index (κ1) is 40.5. The number of carbonyl (C=O) groups excluding carboxylic acids is 1. The van der Waals surface area contributed by atoms with Gasteiger partial charge in [-0.3, -0.25) is 4.99 Å². The zero-order valence-electron chi connectivity index (χ0n) is 27.1. The van der Waals surface area contributed by atoms with Gasteiger partial charge in [0.1, 0.15) is 0 Å². The molecule has 1 N–H and O–H groups in total. The van der Waals surface area contributed by atoms with E-state index in [1.54, 1.807) is 12.3 Å². The Hall–Kier alpha value is -1.63. The largest absolute Gasteiger partial charge is 1.00 e. The molecule has 5 heteroatoms. The zero-order valence-corrected chi connectivity index (χ0v) is 30.2.